The van der Waals surface area contributed by atoms with E-state index in [1.54, 1.807) is 30.4 Å². The Morgan fingerprint density at radius 3 is 2.60 bits per heavy atom. The number of benzene rings is 2. The first-order chi connectivity index (χ1) is 20.5. The Balaban J connectivity index is 1.18. The van der Waals surface area contributed by atoms with Crippen molar-refractivity contribution in [2.75, 3.05) is 36.5 Å². The van der Waals surface area contributed by atoms with Gasteiger partial charge in [0.05, 0.1) is 11.3 Å². The Labute approximate surface area is 242 Å². The number of fused-ring (bicyclic) bond motifs is 1. The number of nitrogens with one attached hydrogen (secondary N) is 2. The fourth-order valence-corrected chi connectivity index (χ4v) is 5.23. The van der Waals surface area contributed by atoms with Crippen LogP contribution in [0.3, 0.4) is 0 Å². The quantitative estimate of drug-likeness (QED) is 0.231. The molecule has 43 heavy (non-hydrogen) atoms. The van der Waals surface area contributed by atoms with Gasteiger partial charge in [-0.2, -0.15) is 13.2 Å². The lowest BCUT2D eigenvalue weighted by Gasteiger charge is -2.33. The highest BCUT2D eigenvalue weighted by atomic mass is 19.4. The number of nitrogens with two attached hydrogens (primary N) is 1. The van der Waals surface area contributed by atoms with Gasteiger partial charge >= 0.3 is 12.2 Å². The van der Waals surface area contributed by atoms with Crippen molar-refractivity contribution in [2.24, 2.45) is 0 Å². The maximum absolute atomic E-state index is 15.1. The number of imidazole rings is 1. The zero-order chi connectivity index (χ0) is 30.5. The molecule has 9 nitrogen and oxygen atoms in total. The van der Waals surface area contributed by atoms with Crippen molar-refractivity contribution in [3.63, 3.8) is 0 Å². The molecule has 2 amide bonds. The summed E-state index contributed by atoms with van der Waals surface area (Å²) in [7, 11) is 1.72. The summed E-state index contributed by atoms with van der Waals surface area (Å²) in [4.78, 5) is 23.2. The summed E-state index contributed by atoms with van der Waals surface area (Å²) in [6.07, 6.45) is -1.79. The molecule has 4 N–H and O–H groups in total. The third-order valence-electron chi connectivity index (χ3n) is 7.55. The van der Waals surface area contributed by atoms with Gasteiger partial charge in [-0.05, 0) is 56.6 Å². The molecule has 2 aromatic carbocycles. The number of nitrogen functional groups attached to an aromatic ring is 1. The number of carbonyl (C=O) groups is 1. The molecule has 6 rings (SSSR count). The van der Waals surface area contributed by atoms with E-state index in [-0.39, 0.29) is 36.1 Å². The second kappa shape index (κ2) is 11.0. The molecule has 0 radical (unpaired) electrons. The lowest BCUT2D eigenvalue weighted by molar-refractivity contribution is -0.139. The highest BCUT2D eigenvalue weighted by Gasteiger charge is 2.37. The number of hydrogen-bond acceptors (Lipinski definition) is 6. The molecule has 1 saturated heterocycles. The Kier molecular flexibility index (Phi) is 7.32. The Hall–Kier alpha value is -4.46. The van der Waals surface area contributed by atoms with E-state index >= 15 is 4.39 Å². The summed E-state index contributed by atoms with van der Waals surface area (Å²) >= 11 is 0. The zero-order valence-corrected chi connectivity index (χ0v) is 23.0. The summed E-state index contributed by atoms with van der Waals surface area (Å²) in [5.74, 6) is 0.00883. The number of nitrogens with zero attached hydrogens (tertiary/aromatic N) is 4. The van der Waals surface area contributed by atoms with Gasteiger partial charge in [0, 0.05) is 42.7 Å². The van der Waals surface area contributed by atoms with Crippen molar-refractivity contribution < 1.29 is 31.5 Å². The zero-order valence-electron chi connectivity index (χ0n) is 23.0. The van der Waals surface area contributed by atoms with E-state index in [2.05, 4.69) is 15.6 Å². The standard InChI is InChI=1S/C29H28F5N7O2/c1-40-10-8-23(20(31)14-40)43-22-7-5-17(13-18(22)29(32,33)34)37-28(42)38-21-6-4-16(12-19(21)30)24-25-26(35)36-9-11-41(25)27(39-24)15-2-3-15/h4-7,9,11-13,15,20,23H,2-3,8,10,14H2,1H3,(H2,35,36)(H2,37,38,42). The normalized spacial score (nSPS) is 19.4. The number of alkyl halides is 4. The fraction of sp³-hybridized carbons (Fsp3) is 0.345. The van der Waals surface area contributed by atoms with Gasteiger partial charge in [0.25, 0.3) is 0 Å². The van der Waals surface area contributed by atoms with Crippen molar-refractivity contribution in [1.82, 2.24) is 19.3 Å². The maximum Gasteiger partial charge on any atom is 0.420 e. The minimum atomic E-state index is -4.84. The molecule has 3 heterocycles. The van der Waals surface area contributed by atoms with Gasteiger partial charge in [-0.3, -0.25) is 4.40 Å². The first-order valence-electron chi connectivity index (χ1n) is 13.7. The molecule has 2 unspecified atom stereocenters. The first-order valence-corrected chi connectivity index (χ1v) is 13.7. The average molecular weight is 602 g/mol. The van der Waals surface area contributed by atoms with Crippen LogP contribution in [0.2, 0.25) is 0 Å². The van der Waals surface area contributed by atoms with E-state index in [9.17, 15) is 22.4 Å². The predicted octanol–water partition coefficient (Wildman–Crippen LogP) is 6.08. The molecule has 2 aliphatic rings. The Morgan fingerprint density at radius 1 is 1.12 bits per heavy atom. The number of aromatic nitrogens is 3. The summed E-state index contributed by atoms with van der Waals surface area (Å²) in [6, 6.07) is 6.03. The van der Waals surface area contributed by atoms with Gasteiger partial charge in [0.15, 0.2) is 0 Å². The molecule has 2 atom stereocenters. The third-order valence-corrected chi connectivity index (χ3v) is 7.55. The minimum absolute atomic E-state index is 0.0505. The molecule has 4 aromatic rings. The molecular formula is C29H28F5N7O2. The second-order valence-corrected chi connectivity index (χ2v) is 10.8. The smallest absolute Gasteiger partial charge is 0.420 e. The molecular weight excluding hydrogens is 573 g/mol. The average Bonchev–Trinajstić information content (AvgIpc) is 3.71. The number of halogens is 5. The van der Waals surface area contributed by atoms with Crippen molar-refractivity contribution in [3.05, 3.63) is 66.0 Å². The topological polar surface area (TPSA) is 110 Å². The minimum Gasteiger partial charge on any atom is -0.487 e. The van der Waals surface area contributed by atoms with Gasteiger partial charge in [-0.15, -0.1) is 0 Å². The van der Waals surface area contributed by atoms with Crippen molar-refractivity contribution in [3.8, 4) is 17.0 Å². The number of hydrogen-bond donors (Lipinski definition) is 3. The Morgan fingerprint density at radius 2 is 1.91 bits per heavy atom. The molecule has 14 heteroatoms. The highest BCUT2D eigenvalue weighted by Crippen LogP contribution is 2.42. The van der Waals surface area contributed by atoms with Crippen LogP contribution < -0.4 is 21.1 Å². The van der Waals surface area contributed by atoms with E-state index in [4.69, 9.17) is 15.5 Å². The van der Waals surface area contributed by atoms with Crippen LogP contribution in [-0.2, 0) is 6.18 Å². The summed E-state index contributed by atoms with van der Waals surface area (Å²) < 4.78 is 78.4. The van der Waals surface area contributed by atoms with Crippen LogP contribution in [0, 0.1) is 5.82 Å². The fourth-order valence-electron chi connectivity index (χ4n) is 5.23. The SMILES string of the molecule is CN1CCC(Oc2ccc(NC(=O)Nc3ccc(-c4nc(C5CC5)n5ccnc(N)c45)cc3F)cc2C(F)(F)F)C(F)C1. The lowest BCUT2D eigenvalue weighted by Crippen LogP contribution is -2.45. The van der Waals surface area contributed by atoms with Crippen LogP contribution >= 0.6 is 0 Å². The summed E-state index contributed by atoms with van der Waals surface area (Å²) in [5, 5.41) is 4.60. The summed E-state index contributed by atoms with van der Waals surface area (Å²) in [5.41, 5.74) is 5.94. The second-order valence-electron chi connectivity index (χ2n) is 10.8. The maximum atomic E-state index is 15.1. The van der Waals surface area contributed by atoms with E-state index < -0.39 is 41.6 Å². The van der Waals surface area contributed by atoms with E-state index in [1.807, 2.05) is 4.40 Å². The van der Waals surface area contributed by atoms with Crippen molar-refractivity contribution in [1.29, 1.82) is 0 Å². The van der Waals surface area contributed by atoms with Crippen molar-refractivity contribution >= 4 is 28.7 Å². The number of likely N-dealkylation sites (tertiary alicyclic amines) is 1. The van der Waals surface area contributed by atoms with Crippen LogP contribution in [0.4, 0.5) is 43.9 Å². The van der Waals surface area contributed by atoms with Gasteiger partial charge in [0.2, 0.25) is 0 Å². The number of amides is 2. The van der Waals surface area contributed by atoms with Gasteiger partial charge in [-0.25, -0.2) is 23.5 Å². The van der Waals surface area contributed by atoms with Gasteiger partial charge in [-0.1, -0.05) is 6.07 Å². The predicted molar refractivity (Wildman–Crippen MR) is 150 cm³/mol. The number of anilines is 3. The number of ether oxygens (including phenoxy) is 1. The highest BCUT2D eigenvalue weighted by molar-refractivity contribution is 6.00. The molecule has 2 fully saturated rings. The van der Waals surface area contributed by atoms with E-state index in [0.717, 1.165) is 24.7 Å². The number of carbonyl (C=O) groups excluding carboxylic acids is 1. The molecule has 1 aliphatic heterocycles. The van der Waals surface area contributed by atoms with Crippen LogP contribution in [0.1, 0.15) is 36.6 Å². The molecule has 226 valence electrons. The number of rotatable bonds is 6. The largest absolute Gasteiger partial charge is 0.487 e. The number of piperidine rings is 1. The lowest BCUT2D eigenvalue weighted by atomic mass is 10.1. The molecule has 1 aliphatic carbocycles. The van der Waals surface area contributed by atoms with E-state index in [1.165, 1.54) is 18.2 Å². The molecule has 1 saturated carbocycles. The van der Waals surface area contributed by atoms with Crippen LogP contribution in [0.25, 0.3) is 16.8 Å². The van der Waals surface area contributed by atoms with Gasteiger partial charge in [0.1, 0.15) is 46.7 Å². The molecule has 2 aromatic heterocycles. The van der Waals surface area contributed by atoms with Crippen LogP contribution in [0.15, 0.2) is 48.8 Å². The van der Waals surface area contributed by atoms with E-state index in [0.29, 0.717) is 29.4 Å². The Bertz CT molecular complexity index is 1690. The van der Waals surface area contributed by atoms with Crippen molar-refractivity contribution in [2.45, 2.75) is 43.6 Å². The monoisotopic (exact) mass is 601 g/mol. The first kappa shape index (κ1) is 28.6. The molecule has 0 bridgehead atoms. The molecule has 0 spiro atoms. The third kappa shape index (κ3) is 5.91. The number of urea groups is 1. The van der Waals surface area contributed by atoms with Crippen LogP contribution in [0.5, 0.6) is 5.75 Å². The van der Waals surface area contributed by atoms with Crippen LogP contribution in [-0.4, -0.2) is 57.7 Å². The van der Waals surface area contributed by atoms with Gasteiger partial charge < -0.3 is 26.0 Å². The summed E-state index contributed by atoms with van der Waals surface area (Å²) in [6.45, 7) is 0.532.